The lowest BCUT2D eigenvalue weighted by Gasteiger charge is -2.39. The van der Waals surface area contributed by atoms with Crippen molar-refractivity contribution in [1.29, 1.82) is 0 Å². The van der Waals surface area contributed by atoms with Gasteiger partial charge in [0.15, 0.2) is 5.69 Å². The van der Waals surface area contributed by atoms with Crippen LogP contribution in [0.15, 0.2) is 24.3 Å². The number of anilines is 1. The lowest BCUT2D eigenvalue weighted by molar-refractivity contribution is -0.127. The van der Waals surface area contributed by atoms with Crippen molar-refractivity contribution >= 4 is 34.9 Å². The Morgan fingerprint density at radius 3 is 2.35 bits per heavy atom. The van der Waals surface area contributed by atoms with Crippen LogP contribution >= 0.6 is 11.5 Å². The Balaban J connectivity index is 2.05. The van der Waals surface area contributed by atoms with Gasteiger partial charge in [-0.1, -0.05) is 62.9 Å². The molecule has 1 aliphatic carbocycles. The van der Waals surface area contributed by atoms with Crippen molar-refractivity contribution in [3.05, 3.63) is 46.0 Å². The first-order valence-electron chi connectivity index (χ1n) is 11.9. The van der Waals surface area contributed by atoms with E-state index in [9.17, 15) is 14.4 Å². The molecule has 1 aromatic carbocycles. The highest BCUT2D eigenvalue weighted by atomic mass is 32.1. The average molecular weight is 486 g/mol. The number of carbonyl (C=O) groups excluding carboxylic acids is 3. The molecule has 0 saturated heterocycles. The predicted molar refractivity (Wildman–Crippen MR) is 134 cm³/mol. The van der Waals surface area contributed by atoms with Gasteiger partial charge in [0.25, 0.3) is 11.8 Å². The van der Waals surface area contributed by atoms with E-state index in [1.165, 1.54) is 0 Å². The zero-order valence-corrected chi connectivity index (χ0v) is 21.0. The van der Waals surface area contributed by atoms with Crippen molar-refractivity contribution in [2.75, 3.05) is 12.3 Å². The Hall–Kier alpha value is -2.94. The molecular weight excluding hydrogens is 450 g/mol. The molecule has 0 radical (unpaired) electrons. The van der Waals surface area contributed by atoms with E-state index in [-0.39, 0.29) is 34.1 Å². The fourth-order valence-corrected chi connectivity index (χ4v) is 5.12. The highest BCUT2D eigenvalue weighted by Gasteiger charge is 2.39. The minimum Gasteiger partial charge on any atom is -0.395 e. The van der Waals surface area contributed by atoms with Gasteiger partial charge in [0.2, 0.25) is 5.91 Å². The first kappa shape index (κ1) is 25.7. The Morgan fingerprint density at radius 1 is 1.15 bits per heavy atom. The number of aryl methyl sites for hydroxylation is 1. The second kappa shape index (κ2) is 11.5. The molecule has 34 heavy (non-hydrogen) atoms. The number of aromatic nitrogens is 1. The average Bonchev–Trinajstić information content (AvgIpc) is 3.19. The van der Waals surface area contributed by atoms with Crippen molar-refractivity contribution in [2.45, 2.75) is 71.4 Å². The predicted octanol–water partition coefficient (Wildman–Crippen LogP) is 3.81. The number of hydrogen-bond acceptors (Lipinski definition) is 6. The summed E-state index contributed by atoms with van der Waals surface area (Å²) in [4.78, 5) is 41.1. The molecule has 1 atom stereocenters. The minimum atomic E-state index is -0.818. The Morgan fingerprint density at radius 2 is 1.79 bits per heavy atom. The van der Waals surface area contributed by atoms with E-state index in [2.05, 4.69) is 23.5 Å². The summed E-state index contributed by atoms with van der Waals surface area (Å²) in [6.45, 7) is 6.71. The summed E-state index contributed by atoms with van der Waals surface area (Å²) >= 11 is 0.855. The molecule has 3 rings (SSSR count). The van der Waals surface area contributed by atoms with Gasteiger partial charge in [-0.2, -0.15) is 4.37 Å². The third kappa shape index (κ3) is 5.94. The van der Waals surface area contributed by atoms with E-state index in [0.29, 0.717) is 12.5 Å². The van der Waals surface area contributed by atoms with Crippen LogP contribution in [0, 0.1) is 12.8 Å². The zero-order chi connectivity index (χ0) is 24.8. The fraction of sp³-hybridized carbons (Fsp3) is 0.520. The maximum Gasteiger partial charge on any atom is 0.270 e. The third-order valence-electron chi connectivity index (χ3n) is 6.30. The summed E-state index contributed by atoms with van der Waals surface area (Å²) in [5, 5.41) is 3.04. The number of benzene rings is 1. The van der Waals surface area contributed by atoms with Crippen LogP contribution in [0.5, 0.6) is 0 Å². The summed E-state index contributed by atoms with van der Waals surface area (Å²) in [7, 11) is 0. The number of nitrogens with zero attached hydrogens (tertiary/aromatic N) is 2. The molecule has 1 aliphatic rings. The summed E-state index contributed by atoms with van der Waals surface area (Å²) in [6.07, 6.45) is 5.50. The van der Waals surface area contributed by atoms with E-state index in [4.69, 9.17) is 11.5 Å². The standard InChI is InChI=1S/C25H35N5O3S/c1-15(2)13-14-28-24(32)21(17-11-9-16(3)10-12-17)30(18-7-5-4-6-8-18)25(33)22-19(26)20(23(27)31)29-34-22/h9-12,15,18,21H,4-8,13-14,26H2,1-3H3,(H2,27,31)(H,28,32)/t21-/m1/s1. The van der Waals surface area contributed by atoms with Crippen LogP contribution in [0.25, 0.3) is 0 Å². The van der Waals surface area contributed by atoms with E-state index in [1.807, 2.05) is 31.2 Å². The highest BCUT2D eigenvalue weighted by Crippen LogP contribution is 2.35. The summed E-state index contributed by atoms with van der Waals surface area (Å²) in [6, 6.07) is 6.74. The topological polar surface area (TPSA) is 131 Å². The molecule has 0 spiro atoms. The van der Waals surface area contributed by atoms with E-state index >= 15 is 0 Å². The Labute approximate surface area is 205 Å². The maximum atomic E-state index is 14.0. The first-order valence-corrected chi connectivity index (χ1v) is 12.7. The molecule has 0 aliphatic heterocycles. The number of amides is 3. The molecule has 8 nitrogen and oxygen atoms in total. The van der Waals surface area contributed by atoms with Gasteiger partial charge in [-0.25, -0.2) is 0 Å². The highest BCUT2D eigenvalue weighted by molar-refractivity contribution is 7.09. The number of rotatable bonds is 9. The third-order valence-corrected chi connectivity index (χ3v) is 7.15. The molecule has 0 unspecified atom stereocenters. The molecule has 0 bridgehead atoms. The monoisotopic (exact) mass is 485 g/mol. The number of nitrogens with two attached hydrogens (primary N) is 2. The molecule has 9 heteroatoms. The van der Waals surface area contributed by atoms with E-state index < -0.39 is 11.9 Å². The second-order valence-electron chi connectivity index (χ2n) is 9.43. The van der Waals surface area contributed by atoms with Crippen molar-refractivity contribution in [3.8, 4) is 0 Å². The SMILES string of the molecule is Cc1ccc([C@H](C(=O)NCCC(C)C)N(C(=O)c2snc(C(N)=O)c2N)C2CCCCC2)cc1. The van der Waals surface area contributed by atoms with Gasteiger partial charge in [0.1, 0.15) is 10.9 Å². The van der Waals surface area contributed by atoms with Crippen LogP contribution in [0.4, 0.5) is 5.69 Å². The first-order chi connectivity index (χ1) is 16.2. The summed E-state index contributed by atoms with van der Waals surface area (Å²) < 4.78 is 4.02. The van der Waals surface area contributed by atoms with Crippen LogP contribution < -0.4 is 16.8 Å². The molecular formula is C25H35N5O3S. The largest absolute Gasteiger partial charge is 0.395 e. The van der Waals surface area contributed by atoms with Gasteiger partial charge in [-0.3, -0.25) is 14.4 Å². The van der Waals surface area contributed by atoms with Crippen LogP contribution in [-0.4, -0.2) is 39.6 Å². The molecule has 1 saturated carbocycles. The lowest BCUT2D eigenvalue weighted by atomic mass is 9.91. The van der Waals surface area contributed by atoms with Gasteiger partial charge < -0.3 is 21.7 Å². The molecule has 1 fully saturated rings. The van der Waals surface area contributed by atoms with Crippen LogP contribution in [0.3, 0.4) is 0 Å². The maximum absolute atomic E-state index is 14.0. The van der Waals surface area contributed by atoms with Gasteiger partial charge in [0.05, 0.1) is 5.69 Å². The zero-order valence-electron chi connectivity index (χ0n) is 20.2. The number of hydrogen-bond donors (Lipinski definition) is 3. The minimum absolute atomic E-state index is 0.0221. The van der Waals surface area contributed by atoms with Gasteiger partial charge >= 0.3 is 0 Å². The summed E-state index contributed by atoms with van der Waals surface area (Å²) in [5.41, 5.74) is 13.2. The molecule has 2 aromatic rings. The molecule has 184 valence electrons. The van der Waals surface area contributed by atoms with Gasteiger partial charge in [0, 0.05) is 12.6 Å². The van der Waals surface area contributed by atoms with Crippen LogP contribution in [0.1, 0.15) is 89.7 Å². The van der Waals surface area contributed by atoms with Gasteiger partial charge in [-0.05, 0) is 49.2 Å². The second-order valence-corrected chi connectivity index (χ2v) is 10.2. The van der Waals surface area contributed by atoms with Crippen molar-refractivity contribution < 1.29 is 14.4 Å². The number of nitrogen functional groups attached to an aromatic ring is 1. The van der Waals surface area contributed by atoms with Crippen LogP contribution in [-0.2, 0) is 4.79 Å². The van der Waals surface area contributed by atoms with Crippen molar-refractivity contribution in [1.82, 2.24) is 14.6 Å². The molecule has 5 N–H and O–H groups in total. The Kier molecular flexibility index (Phi) is 8.66. The molecule has 3 amide bonds. The quantitative estimate of drug-likeness (QED) is 0.497. The Bertz CT molecular complexity index is 1010. The molecule has 1 aromatic heterocycles. The fourth-order valence-electron chi connectivity index (χ4n) is 4.37. The van der Waals surface area contributed by atoms with Gasteiger partial charge in [-0.15, -0.1) is 0 Å². The summed E-state index contributed by atoms with van der Waals surface area (Å²) in [5.74, 6) is -0.947. The smallest absolute Gasteiger partial charge is 0.270 e. The van der Waals surface area contributed by atoms with E-state index in [1.54, 1.807) is 4.90 Å². The number of nitrogens with one attached hydrogen (secondary N) is 1. The lowest BCUT2D eigenvalue weighted by Crippen LogP contribution is -2.49. The normalized spacial score (nSPS) is 15.2. The van der Waals surface area contributed by atoms with Crippen molar-refractivity contribution in [3.63, 3.8) is 0 Å². The van der Waals surface area contributed by atoms with E-state index in [0.717, 1.165) is 61.2 Å². The molecule has 1 heterocycles. The number of carbonyl (C=O) groups is 3. The van der Waals surface area contributed by atoms with Crippen LogP contribution in [0.2, 0.25) is 0 Å². The number of primary amides is 1. The van der Waals surface area contributed by atoms with Crippen molar-refractivity contribution in [2.24, 2.45) is 11.7 Å².